The summed E-state index contributed by atoms with van der Waals surface area (Å²) in [5.41, 5.74) is 4.53. The van der Waals surface area contributed by atoms with Gasteiger partial charge in [-0.25, -0.2) is 9.97 Å². The Balaban J connectivity index is 2.13. The number of aryl methyl sites for hydroxylation is 1. The Morgan fingerprint density at radius 2 is 2.10 bits per heavy atom. The molecular formula is C16H21N5. The maximum absolute atomic E-state index is 4.80. The molecule has 1 saturated heterocycles. The Labute approximate surface area is 125 Å². The molecule has 2 aromatic heterocycles. The molecule has 3 rings (SSSR count). The summed E-state index contributed by atoms with van der Waals surface area (Å²) in [4.78, 5) is 15.4. The first-order chi connectivity index (χ1) is 10.2. The maximum Gasteiger partial charge on any atom is 0.225 e. The van der Waals surface area contributed by atoms with Gasteiger partial charge in [-0.05, 0) is 43.5 Å². The van der Waals surface area contributed by atoms with E-state index in [2.05, 4.69) is 22.2 Å². The molecule has 0 aromatic carbocycles. The highest BCUT2D eigenvalue weighted by molar-refractivity contribution is 5.69. The number of rotatable bonds is 3. The molecular weight excluding hydrogens is 262 g/mol. The van der Waals surface area contributed by atoms with Crippen molar-refractivity contribution in [2.75, 3.05) is 25.5 Å². The van der Waals surface area contributed by atoms with Gasteiger partial charge in [-0.15, -0.1) is 0 Å². The monoisotopic (exact) mass is 283 g/mol. The number of hydrogen-bond acceptors (Lipinski definition) is 5. The molecule has 2 aromatic rings. The summed E-state index contributed by atoms with van der Waals surface area (Å²) in [7, 11) is 3.94. The Kier molecular flexibility index (Phi) is 3.84. The standard InChI is InChI=1S/C16H21N5/c1-11-9-17-8-6-12(11)13-10-19-16(21(2)3)20-15(13)14-5-4-7-18-14/h6,8-10,14,18H,4-5,7H2,1-3H3/t14-/m1/s1. The minimum atomic E-state index is 0.314. The highest BCUT2D eigenvalue weighted by Gasteiger charge is 2.23. The summed E-state index contributed by atoms with van der Waals surface area (Å²) in [6, 6.07) is 2.36. The number of nitrogens with one attached hydrogen (secondary N) is 1. The second kappa shape index (κ2) is 5.77. The molecule has 5 nitrogen and oxygen atoms in total. The second-order valence-electron chi connectivity index (χ2n) is 5.70. The first kappa shape index (κ1) is 13.9. The van der Waals surface area contributed by atoms with Crippen LogP contribution in [0.2, 0.25) is 0 Å². The molecule has 0 bridgehead atoms. The molecule has 1 fully saturated rings. The lowest BCUT2D eigenvalue weighted by Gasteiger charge is -2.19. The number of hydrogen-bond donors (Lipinski definition) is 1. The van der Waals surface area contributed by atoms with Crippen LogP contribution < -0.4 is 10.2 Å². The normalized spacial score (nSPS) is 18.0. The van der Waals surface area contributed by atoms with Crippen molar-refractivity contribution in [3.05, 3.63) is 35.9 Å². The molecule has 0 saturated carbocycles. The van der Waals surface area contributed by atoms with Gasteiger partial charge in [-0.2, -0.15) is 0 Å². The fourth-order valence-corrected chi connectivity index (χ4v) is 2.77. The van der Waals surface area contributed by atoms with E-state index >= 15 is 0 Å². The van der Waals surface area contributed by atoms with Crippen molar-refractivity contribution < 1.29 is 0 Å². The lowest BCUT2D eigenvalue weighted by molar-refractivity contribution is 0.627. The predicted octanol–water partition coefficient (Wildman–Crippen LogP) is 2.34. The summed E-state index contributed by atoms with van der Waals surface area (Å²) < 4.78 is 0. The SMILES string of the molecule is Cc1cnccc1-c1cnc(N(C)C)nc1[C@H]1CCCN1. The van der Waals surface area contributed by atoms with Crippen molar-refractivity contribution >= 4 is 5.95 Å². The van der Waals surface area contributed by atoms with Gasteiger partial charge in [0.15, 0.2) is 0 Å². The molecule has 0 radical (unpaired) electrons. The fourth-order valence-electron chi connectivity index (χ4n) is 2.77. The average molecular weight is 283 g/mol. The van der Waals surface area contributed by atoms with Crippen LogP contribution in [0.3, 0.4) is 0 Å². The van der Waals surface area contributed by atoms with E-state index < -0.39 is 0 Å². The smallest absolute Gasteiger partial charge is 0.225 e. The maximum atomic E-state index is 4.80. The Morgan fingerprint density at radius 1 is 1.24 bits per heavy atom. The molecule has 0 aliphatic carbocycles. The van der Waals surface area contributed by atoms with E-state index in [0.717, 1.165) is 35.7 Å². The average Bonchev–Trinajstić information content (AvgIpc) is 3.01. The van der Waals surface area contributed by atoms with Crippen LogP contribution in [0.25, 0.3) is 11.1 Å². The summed E-state index contributed by atoms with van der Waals surface area (Å²) in [6.45, 7) is 3.13. The van der Waals surface area contributed by atoms with Gasteiger partial charge in [-0.3, -0.25) is 4.98 Å². The number of pyridine rings is 1. The number of anilines is 1. The van der Waals surface area contributed by atoms with E-state index in [1.165, 1.54) is 12.0 Å². The van der Waals surface area contributed by atoms with Gasteiger partial charge >= 0.3 is 0 Å². The van der Waals surface area contributed by atoms with Crippen LogP contribution in [-0.4, -0.2) is 35.6 Å². The topological polar surface area (TPSA) is 53.9 Å². The Morgan fingerprint density at radius 3 is 2.76 bits per heavy atom. The van der Waals surface area contributed by atoms with Gasteiger partial charge in [0, 0.05) is 38.2 Å². The van der Waals surface area contributed by atoms with Gasteiger partial charge in [0.2, 0.25) is 5.95 Å². The number of aromatic nitrogens is 3. The largest absolute Gasteiger partial charge is 0.347 e. The van der Waals surface area contributed by atoms with E-state index in [0.29, 0.717) is 6.04 Å². The second-order valence-corrected chi connectivity index (χ2v) is 5.70. The molecule has 5 heteroatoms. The quantitative estimate of drug-likeness (QED) is 0.937. The van der Waals surface area contributed by atoms with Gasteiger partial charge in [0.05, 0.1) is 11.7 Å². The first-order valence-electron chi connectivity index (χ1n) is 7.35. The lowest BCUT2D eigenvalue weighted by atomic mass is 9.98. The molecule has 1 aliphatic heterocycles. The molecule has 0 amide bonds. The summed E-state index contributed by atoms with van der Waals surface area (Å²) in [5, 5.41) is 3.54. The number of nitrogens with zero attached hydrogens (tertiary/aromatic N) is 4. The van der Waals surface area contributed by atoms with Crippen LogP contribution >= 0.6 is 0 Å². The molecule has 0 spiro atoms. The van der Waals surface area contributed by atoms with Gasteiger partial charge in [-0.1, -0.05) is 0 Å². The van der Waals surface area contributed by atoms with Gasteiger partial charge in [0.1, 0.15) is 0 Å². The molecule has 0 unspecified atom stereocenters. The van der Waals surface area contributed by atoms with Crippen molar-refractivity contribution in [2.45, 2.75) is 25.8 Å². The lowest BCUT2D eigenvalue weighted by Crippen LogP contribution is -2.19. The van der Waals surface area contributed by atoms with Crippen molar-refractivity contribution in [1.82, 2.24) is 20.3 Å². The molecule has 3 heterocycles. The minimum Gasteiger partial charge on any atom is -0.347 e. The molecule has 21 heavy (non-hydrogen) atoms. The molecule has 110 valence electrons. The Hall–Kier alpha value is -2.01. The van der Waals surface area contributed by atoms with Crippen LogP contribution in [-0.2, 0) is 0 Å². The van der Waals surface area contributed by atoms with Crippen LogP contribution in [0.4, 0.5) is 5.95 Å². The van der Waals surface area contributed by atoms with E-state index in [-0.39, 0.29) is 0 Å². The third kappa shape index (κ3) is 2.74. The van der Waals surface area contributed by atoms with E-state index in [4.69, 9.17) is 4.98 Å². The van der Waals surface area contributed by atoms with Gasteiger partial charge < -0.3 is 10.2 Å². The molecule has 1 atom stereocenters. The van der Waals surface area contributed by atoms with Crippen LogP contribution in [0, 0.1) is 6.92 Å². The summed E-state index contributed by atoms with van der Waals surface area (Å²) in [6.07, 6.45) is 7.98. The first-order valence-corrected chi connectivity index (χ1v) is 7.35. The van der Waals surface area contributed by atoms with Crippen LogP contribution in [0.1, 0.15) is 30.1 Å². The zero-order valence-electron chi connectivity index (χ0n) is 12.8. The summed E-state index contributed by atoms with van der Waals surface area (Å²) in [5.74, 6) is 0.758. The summed E-state index contributed by atoms with van der Waals surface area (Å²) >= 11 is 0. The van der Waals surface area contributed by atoms with Crippen LogP contribution in [0.5, 0.6) is 0 Å². The van der Waals surface area contributed by atoms with E-state index in [1.807, 2.05) is 43.7 Å². The van der Waals surface area contributed by atoms with Crippen molar-refractivity contribution in [1.29, 1.82) is 0 Å². The van der Waals surface area contributed by atoms with E-state index in [9.17, 15) is 0 Å². The highest BCUT2D eigenvalue weighted by atomic mass is 15.2. The minimum absolute atomic E-state index is 0.314. The zero-order valence-corrected chi connectivity index (χ0v) is 12.8. The van der Waals surface area contributed by atoms with Crippen molar-refractivity contribution in [3.8, 4) is 11.1 Å². The van der Waals surface area contributed by atoms with Crippen molar-refractivity contribution in [2.24, 2.45) is 0 Å². The van der Waals surface area contributed by atoms with E-state index in [1.54, 1.807) is 0 Å². The van der Waals surface area contributed by atoms with Crippen molar-refractivity contribution in [3.63, 3.8) is 0 Å². The predicted molar refractivity (Wildman–Crippen MR) is 84.3 cm³/mol. The third-order valence-corrected chi connectivity index (χ3v) is 3.91. The zero-order chi connectivity index (χ0) is 14.8. The Bertz CT molecular complexity index is 632. The molecule has 1 N–H and O–H groups in total. The van der Waals surface area contributed by atoms with Crippen LogP contribution in [0.15, 0.2) is 24.7 Å². The molecule has 1 aliphatic rings. The van der Waals surface area contributed by atoms with Gasteiger partial charge in [0.25, 0.3) is 0 Å². The third-order valence-electron chi connectivity index (χ3n) is 3.91. The fraction of sp³-hybridized carbons (Fsp3) is 0.438. The highest BCUT2D eigenvalue weighted by Crippen LogP contribution is 2.32.